The topological polar surface area (TPSA) is 32.3 Å². The molecule has 0 aromatic heterocycles. The second-order valence-corrected chi connectivity index (χ2v) is 7.28. The molecule has 3 rings (SSSR count). The fourth-order valence-electron chi connectivity index (χ4n) is 3.54. The van der Waals surface area contributed by atoms with E-state index in [1.54, 1.807) is 11.8 Å². The number of nitrogens with zero attached hydrogens (tertiary/aromatic N) is 1. The lowest BCUT2D eigenvalue weighted by molar-refractivity contribution is 0.0607. The highest BCUT2D eigenvalue weighted by Crippen LogP contribution is 2.37. The predicted molar refractivity (Wildman–Crippen MR) is 95.3 cm³/mol. The van der Waals surface area contributed by atoms with Crippen LogP contribution in [0.25, 0.3) is 0 Å². The quantitative estimate of drug-likeness (QED) is 0.838. The third-order valence-electron chi connectivity index (χ3n) is 5.12. The Labute approximate surface area is 143 Å². The van der Waals surface area contributed by atoms with Gasteiger partial charge in [0.25, 0.3) is 5.91 Å². The van der Waals surface area contributed by atoms with E-state index in [0.29, 0.717) is 5.41 Å². The Bertz CT molecular complexity index is 533. The van der Waals surface area contributed by atoms with Gasteiger partial charge in [0, 0.05) is 30.1 Å². The maximum absolute atomic E-state index is 12.8. The molecule has 122 valence electrons. The Morgan fingerprint density at radius 1 is 1.27 bits per heavy atom. The molecule has 22 heavy (non-hydrogen) atoms. The summed E-state index contributed by atoms with van der Waals surface area (Å²) in [6, 6.07) is 6.20. The van der Waals surface area contributed by atoms with E-state index in [9.17, 15) is 4.79 Å². The van der Waals surface area contributed by atoms with Crippen LogP contribution in [-0.2, 0) is 0 Å². The van der Waals surface area contributed by atoms with Crippen molar-refractivity contribution in [1.82, 2.24) is 10.2 Å². The molecule has 0 atom stereocenters. The van der Waals surface area contributed by atoms with E-state index >= 15 is 0 Å². The smallest absolute Gasteiger partial charge is 0.254 e. The summed E-state index contributed by atoms with van der Waals surface area (Å²) in [4.78, 5) is 16.0. The summed E-state index contributed by atoms with van der Waals surface area (Å²) in [5, 5.41) is 3.48. The number of hydrogen-bond acceptors (Lipinski definition) is 3. The Morgan fingerprint density at radius 3 is 2.59 bits per heavy atom. The minimum absolute atomic E-state index is 0. The molecule has 2 aliphatic rings. The van der Waals surface area contributed by atoms with Gasteiger partial charge in [0.05, 0.1) is 0 Å². The van der Waals surface area contributed by atoms with Gasteiger partial charge in [0.15, 0.2) is 0 Å². The number of likely N-dealkylation sites (tertiary alicyclic amines) is 1. The van der Waals surface area contributed by atoms with E-state index in [1.807, 2.05) is 13.0 Å². The standard InChI is InChI=1S/C17H24N2OS.ClH/c1-13-3-4-14(21-2)11-15(13)16(20)19-9-6-17(7-10-19)5-8-18-12-17;/h3-4,11,18H,5-10,12H2,1-2H3;1H. The van der Waals surface area contributed by atoms with Gasteiger partial charge in [-0.25, -0.2) is 0 Å². The summed E-state index contributed by atoms with van der Waals surface area (Å²) in [6.07, 6.45) is 5.62. The van der Waals surface area contributed by atoms with Crippen LogP contribution in [-0.4, -0.2) is 43.2 Å². The maximum Gasteiger partial charge on any atom is 0.254 e. The number of nitrogens with one attached hydrogen (secondary N) is 1. The van der Waals surface area contributed by atoms with Crippen molar-refractivity contribution >= 4 is 30.1 Å². The molecule has 0 aliphatic carbocycles. The number of hydrogen-bond donors (Lipinski definition) is 1. The lowest BCUT2D eigenvalue weighted by Gasteiger charge is -2.39. The normalized spacial score (nSPS) is 20.0. The fourth-order valence-corrected chi connectivity index (χ4v) is 3.98. The van der Waals surface area contributed by atoms with Crippen LogP contribution in [0.2, 0.25) is 0 Å². The molecule has 1 aromatic carbocycles. The van der Waals surface area contributed by atoms with Crippen molar-refractivity contribution in [3.8, 4) is 0 Å². The highest BCUT2D eigenvalue weighted by Gasteiger charge is 2.38. The zero-order valence-electron chi connectivity index (χ0n) is 13.4. The first kappa shape index (κ1) is 17.6. The molecule has 1 N–H and O–H groups in total. The Kier molecular flexibility index (Phi) is 5.81. The van der Waals surface area contributed by atoms with Gasteiger partial charge in [-0.2, -0.15) is 0 Å². The number of thioether (sulfide) groups is 1. The van der Waals surface area contributed by atoms with Crippen molar-refractivity contribution < 1.29 is 4.79 Å². The summed E-state index contributed by atoms with van der Waals surface area (Å²) in [6.45, 7) is 6.12. The first-order valence-electron chi connectivity index (χ1n) is 7.78. The summed E-state index contributed by atoms with van der Waals surface area (Å²) in [7, 11) is 0. The largest absolute Gasteiger partial charge is 0.339 e. The highest BCUT2D eigenvalue weighted by atomic mass is 35.5. The molecular weight excluding hydrogens is 316 g/mol. The van der Waals surface area contributed by atoms with Crippen LogP contribution in [0.1, 0.15) is 35.2 Å². The second kappa shape index (κ2) is 7.24. The molecule has 1 spiro atoms. The zero-order chi connectivity index (χ0) is 14.9. The number of aryl methyl sites for hydroxylation is 1. The molecule has 0 unspecified atom stereocenters. The van der Waals surface area contributed by atoms with Gasteiger partial charge < -0.3 is 10.2 Å². The Balaban J connectivity index is 0.00000176. The van der Waals surface area contributed by atoms with E-state index < -0.39 is 0 Å². The van der Waals surface area contributed by atoms with Crippen LogP contribution in [0, 0.1) is 12.3 Å². The van der Waals surface area contributed by atoms with Gasteiger partial charge in [-0.05, 0) is 62.1 Å². The summed E-state index contributed by atoms with van der Waals surface area (Å²) >= 11 is 1.69. The van der Waals surface area contributed by atoms with Crippen molar-refractivity contribution in [3.63, 3.8) is 0 Å². The second-order valence-electron chi connectivity index (χ2n) is 6.40. The molecule has 3 nitrogen and oxygen atoms in total. The number of rotatable bonds is 2. The minimum atomic E-state index is 0. The number of amides is 1. The van der Waals surface area contributed by atoms with Crippen molar-refractivity contribution in [1.29, 1.82) is 0 Å². The third kappa shape index (κ3) is 3.44. The van der Waals surface area contributed by atoms with Crippen molar-refractivity contribution in [2.24, 2.45) is 5.41 Å². The monoisotopic (exact) mass is 340 g/mol. The summed E-state index contributed by atoms with van der Waals surface area (Å²) in [5.74, 6) is 0.212. The minimum Gasteiger partial charge on any atom is -0.339 e. The Morgan fingerprint density at radius 2 is 2.00 bits per heavy atom. The molecule has 1 aromatic rings. The van der Waals surface area contributed by atoms with E-state index in [0.717, 1.165) is 55.0 Å². The zero-order valence-corrected chi connectivity index (χ0v) is 15.0. The van der Waals surface area contributed by atoms with Gasteiger partial charge in [-0.15, -0.1) is 24.2 Å². The van der Waals surface area contributed by atoms with Crippen molar-refractivity contribution in [2.45, 2.75) is 31.1 Å². The number of piperidine rings is 1. The van der Waals surface area contributed by atoms with Crippen molar-refractivity contribution in [3.05, 3.63) is 29.3 Å². The molecule has 2 fully saturated rings. The van der Waals surface area contributed by atoms with E-state index in [2.05, 4.69) is 28.6 Å². The van der Waals surface area contributed by atoms with Gasteiger partial charge in [-0.3, -0.25) is 4.79 Å². The van der Waals surface area contributed by atoms with Crippen LogP contribution in [0.3, 0.4) is 0 Å². The molecule has 0 radical (unpaired) electrons. The lowest BCUT2D eigenvalue weighted by Crippen LogP contribution is -2.44. The molecule has 2 aliphatic heterocycles. The first-order chi connectivity index (χ1) is 10.1. The van der Waals surface area contributed by atoms with Gasteiger partial charge in [0.2, 0.25) is 0 Å². The predicted octanol–water partition coefficient (Wildman–Crippen LogP) is 3.35. The van der Waals surface area contributed by atoms with E-state index in [4.69, 9.17) is 0 Å². The average molecular weight is 341 g/mol. The average Bonchev–Trinajstić information content (AvgIpc) is 2.96. The maximum atomic E-state index is 12.8. The van der Waals surface area contributed by atoms with Crippen LogP contribution in [0.4, 0.5) is 0 Å². The van der Waals surface area contributed by atoms with Crippen LogP contribution >= 0.6 is 24.2 Å². The van der Waals surface area contributed by atoms with Gasteiger partial charge in [0.1, 0.15) is 0 Å². The molecular formula is C17H25ClN2OS. The summed E-state index contributed by atoms with van der Waals surface area (Å²) < 4.78 is 0. The van der Waals surface area contributed by atoms with Crippen LogP contribution in [0.5, 0.6) is 0 Å². The lowest BCUT2D eigenvalue weighted by atomic mass is 9.77. The van der Waals surface area contributed by atoms with Gasteiger partial charge in [-0.1, -0.05) is 6.07 Å². The van der Waals surface area contributed by atoms with Crippen LogP contribution in [0.15, 0.2) is 23.1 Å². The van der Waals surface area contributed by atoms with Crippen LogP contribution < -0.4 is 5.32 Å². The SMILES string of the molecule is CSc1ccc(C)c(C(=O)N2CCC3(CCNC3)CC2)c1.Cl. The van der Waals surface area contributed by atoms with Crippen molar-refractivity contribution in [2.75, 3.05) is 32.4 Å². The van der Waals surface area contributed by atoms with Gasteiger partial charge >= 0.3 is 0 Å². The molecule has 0 bridgehead atoms. The summed E-state index contributed by atoms with van der Waals surface area (Å²) in [5.41, 5.74) is 2.43. The first-order valence-corrected chi connectivity index (χ1v) is 9.01. The number of halogens is 1. The number of carbonyl (C=O) groups is 1. The molecule has 5 heteroatoms. The number of benzene rings is 1. The molecule has 2 saturated heterocycles. The Hall–Kier alpha value is -0.710. The molecule has 2 heterocycles. The third-order valence-corrected chi connectivity index (χ3v) is 5.84. The highest BCUT2D eigenvalue weighted by molar-refractivity contribution is 7.98. The fraction of sp³-hybridized carbons (Fsp3) is 0.588. The van der Waals surface area contributed by atoms with E-state index in [-0.39, 0.29) is 18.3 Å². The molecule has 1 amide bonds. The number of carbonyl (C=O) groups excluding carboxylic acids is 1. The molecule has 0 saturated carbocycles. The van der Waals surface area contributed by atoms with E-state index in [1.165, 1.54) is 6.42 Å².